The van der Waals surface area contributed by atoms with Crippen LogP contribution in [0.4, 0.5) is 0 Å². The number of aromatic nitrogens is 1. The van der Waals surface area contributed by atoms with Crippen molar-refractivity contribution < 1.29 is 4.42 Å². The van der Waals surface area contributed by atoms with Gasteiger partial charge in [-0.15, -0.1) is 0 Å². The van der Waals surface area contributed by atoms with Crippen LogP contribution in [0.25, 0.3) is 0 Å². The summed E-state index contributed by atoms with van der Waals surface area (Å²) in [6.07, 6.45) is 4.20. The molecule has 2 heterocycles. The Kier molecular flexibility index (Phi) is 3.56. The molecule has 4 heteroatoms. The first-order chi connectivity index (χ1) is 8.20. The second-order valence-corrected chi connectivity index (χ2v) is 4.18. The Labute approximate surface area is 101 Å². The van der Waals surface area contributed by atoms with Gasteiger partial charge in [0, 0.05) is 11.4 Å². The minimum Gasteiger partial charge on any atom is -0.472 e. The summed E-state index contributed by atoms with van der Waals surface area (Å²) < 4.78 is 5.06. The van der Waals surface area contributed by atoms with Crippen LogP contribution in [0.15, 0.2) is 35.1 Å². The smallest absolute Gasteiger partial charge is 0.0935 e. The predicted molar refractivity (Wildman–Crippen MR) is 66.2 cm³/mol. The van der Waals surface area contributed by atoms with E-state index >= 15 is 0 Å². The standard InChI is InChI=1S/C13H17N3O/c1-9-3-4-12(10(2)15-9)13(16-14)7-11-5-6-17-8-11/h3-6,8,13,16H,7,14H2,1-2H3. The summed E-state index contributed by atoms with van der Waals surface area (Å²) in [5, 5.41) is 0. The van der Waals surface area contributed by atoms with Crippen molar-refractivity contribution >= 4 is 0 Å². The molecule has 0 bridgehead atoms. The third kappa shape index (κ3) is 2.72. The first-order valence-corrected chi connectivity index (χ1v) is 5.62. The molecular weight excluding hydrogens is 214 g/mol. The Bertz CT molecular complexity index is 479. The van der Waals surface area contributed by atoms with Crippen LogP contribution in [0.5, 0.6) is 0 Å². The lowest BCUT2D eigenvalue weighted by atomic mass is 9.99. The molecule has 0 spiro atoms. The lowest BCUT2D eigenvalue weighted by molar-refractivity contribution is 0.532. The number of rotatable bonds is 4. The zero-order chi connectivity index (χ0) is 12.3. The van der Waals surface area contributed by atoms with Gasteiger partial charge in [0.25, 0.3) is 0 Å². The number of pyridine rings is 1. The zero-order valence-electron chi connectivity index (χ0n) is 10.1. The maximum atomic E-state index is 5.62. The highest BCUT2D eigenvalue weighted by Gasteiger charge is 2.14. The fourth-order valence-electron chi connectivity index (χ4n) is 1.97. The summed E-state index contributed by atoms with van der Waals surface area (Å²) in [4.78, 5) is 4.45. The summed E-state index contributed by atoms with van der Waals surface area (Å²) in [7, 11) is 0. The number of nitrogens with two attached hydrogens (primary N) is 1. The second kappa shape index (κ2) is 5.12. The van der Waals surface area contributed by atoms with Crippen molar-refractivity contribution in [2.75, 3.05) is 0 Å². The molecule has 0 amide bonds. The van der Waals surface area contributed by atoms with Gasteiger partial charge in [0.05, 0.1) is 18.6 Å². The third-order valence-electron chi connectivity index (χ3n) is 2.86. The average molecular weight is 231 g/mol. The van der Waals surface area contributed by atoms with Crippen LogP contribution in [-0.2, 0) is 6.42 Å². The number of aryl methyl sites for hydroxylation is 2. The van der Waals surface area contributed by atoms with Crippen LogP contribution < -0.4 is 11.3 Å². The van der Waals surface area contributed by atoms with Crippen molar-refractivity contribution in [2.24, 2.45) is 5.84 Å². The summed E-state index contributed by atoms with van der Waals surface area (Å²) >= 11 is 0. The highest BCUT2D eigenvalue weighted by Crippen LogP contribution is 2.20. The molecule has 0 aliphatic rings. The minimum atomic E-state index is 0.0562. The van der Waals surface area contributed by atoms with Gasteiger partial charge in [0.2, 0.25) is 0 Å². The van der Waals surface area contributed by atoms with E-state index < -0.39 is 0 Å². The summed E-state index contributed by atoms with van der Waals surface area (Å²) in [5.41, 5.74) is 7.11. The molecule has 0 saturated carbocycles. The molecule has 4 nitrogen and oxygen atoms in total. The molecule has 0 radical (unpaired) electrons. The highest BCUT2D eigenvalue weighted by atomic mass is 16.3. The Morgan fingerprint density at radius 3 is 2.76 bits per heavy atom. The van der Waals surface area contributed by atoms with Gasteiger partial charge in [-0.3, -0.25) is 16.3 Å². The molecule has 2 aromatic heterocycles. The fourth-order valence-corrected chi connectivity index (χ4v) is 1.97. The van der Waals surface area contributed by atoms with Crippen molar-refractivity contribution in [3.63, 3.8) is 0 Å². The Morgan fingerprint density at radius 1 is 1.35 bits per heavy atom. The summed E-state index contributed by atoms with van der Waals surface area (Å²) in [6.45, 7) is 3.99. The molecular formula is C13H17N3O. The second-order valence-electron chi connectivity index (χ2n) is 4.18. The van der Waals surface area contributed by atoms with Crippen molar-refractivity contribution in [1.29, 1.82) is 0 Å². The number of hydrogen-bond donors (Lipinski definition) is 2. The number of nitrogens with zero attached hydrogens (tertiary/aromatic N) is 1. The van der Waals surface area contributed by atoms with E-state index in [1.165, 1.54) is 0 Å². The highest BCUT2D eigenvalue weighted by molar-refractivity contribution is 5.26. The molecule has 2 rings (SSSR count). The molecule has 90 valence electrons. The molecule has 3 N–H and O–H groups in total. The Morgan fingerprint density at radius 2 is 2.18 bits per heavy atom. The third-order valence-corrected chi connectivity index (χ3v) is 2.86. The van der Waals surface area contributed by atoms with Crippen LogP contribution >= 0.6 is 0 Å². The van der Waals surface area contributed by atoms with Gasteiger partial charge >= 0.3 is 0 Å². The SMILES string of the molecule is Cc1ccc(C(Cc2ccoc2)NN)c(C)n1. The van der Waals surface area contributed by atoms with Crippen LogP contribution in [0.1, 0.15) is 28.6 Å². The Hall–Kier alpha value is -1.65. The summed E-state index contributed by atoms with van der Waals surface area (Å²) in [6, 6.07) is 6.08. The quantitative estimate of drug-likeness (QED) is 0.624. The van der Waals surface area contributed by atoms with E-state index in [1.807, 2.05) is 26.0 Å². The molecule has 0 aromatic carbocycles. The predicted octanol–water partition coefficient (Wildman–Crippen LogP) is 2.04. The molecule has 1 unspecified atom stereocenters. The maximum Gasteiger partial charge on any atom is 0.0935 e. The van der Waals surface area contributed by atoms with E-state index in [2.05, 4.69) is 16.5 Å². The zero-order valence-corrected chi connectivity index (χ0v) is 10.1. The van der Waals surface area contributed by atoms with Gasteiger partial charge in [-0.25, -0.2) is 0 Å². The van der Waals surface area contributed by atoms with E-state index in [0.29, 0.717) is 0 Å². The number of hydrazine groups is 1. The number of furan rings is 1. The van der Waals surface area contributed by atoms with Crippen molar-refractivity contribution in [2.45, 2.75) is 26.3 Å². The van der Waals surface area contributed by atoms with Crippen LogP contribution in [0.3, 0.4) is 0 Å². The van der Waals surface area contributed by atoms with E-state index in [-0.39, 0.29) is 6.04 Å². The van der Waals surface area contributed by atoms with Crippen LogP contribution in [-0.4, -0.2) is 4.98 Å². The van der Waals surface area contributed by atoms with Crippen molar-refractivity contribution in [3.8, 4) is 0 Å². The molecule has 1 atom stereocenters. The lowest BCUT2D eigenvalue weighted by Crippen LogP contribution is -2.30. The van der Waals surface area contributed by atoms with Crippen molar-refractivity contribution in [1.82, 2.24) is 10.4 Å². The largest absolute Gasteiger partial charge is 0.472 e. The molecule has 0 saturated heterocycles. The van der Waals surface area contributed by atoms with Crippen molar-refractivity contribution in [3.05, 3.63) is 53.2 Å². The van der Waals surface area contributed by atoms with Gasteiger partial charge in [0.15, 0.2) is 0 Å². The van der Waals surface area contributed by atoms with E-state index in [9.17, 15) is 0 Å². The molecule has 0 fully saturated rings. The maximum absolute atomic E-state index is 5.62. The van der Waals surface area contributed by atoms with E-state index in [0.717, 1.165) is 28.9 Å². The van der Waals surface area contributed by atoms with E-state index in [4.69, 9.17) is 10.3 Å². The minimum absolute atomic E-state index is 0.0562. The molecule has 0 aliphatic carbocycles. The first kappa shape index (κ1) is 11.8. The average Bonchev–Trinajstić information content (AvgIpc) is 2.79. The monoisotopic (exact) mass is 231 g/mol. The van der Waals surface area contributed by atoms with Gasteiger partial charge in [-0.1, -0.05) is 6.07 Å². The lowest BCUT2D eigenvalue weighted by Gasteiger charge is -2.17. The van der Waals surface area contributed by atoms with E-state index in [1.54, 1.807) is 12.5 Å². The first-order valence-electron chi connectivity index (χ1n) is 5.62. The molecule has 0 aliphatic heterocycles. The number of hydrogen-bond acceptors (Lipinski definition) is 4. The van der Waals surface area contributed by atoms with Crippen LogP contribution in [0.2, 0.25) is 0 Å². The number of nitrogens with one attached hydrogen (secondary N) is 1. The molecule has 2 aromatic rings. The van der Waals surface area contributed by atoms with Gasteiger partial charge in [-0.2, -0.15) is 0 Å². The summed E-state index contributed by atoms with van der Waals surface area (Å²) in [5.74, 6) is 5.62. The van der Waals surface area contributed by atoms with Gasteiger partial charge < -0.3 is 4.42 Å². The Balaban J connectivity index is 2.23. The topological polar surface area (TPSA) is 64.1 Å². The molecule has 17 heavy (non-hydrogen) atoms. The fraction of sp³-hybridized carbons (Fsp3) is 0.308. The normalized spacial score (nSPS) is 12.6. The van der Waals surface area contributed by atoms with Gasteiger partial charge in [-0.05, 0) is 43.5 Å². The van der Waals surface area contributed by atoms with Crippen LogP contribution in [0, 0.1) is 13.8 Å². The van der Waals surface area contributed by atoms with Gasteiger partial charge in [0.1, 0.15) is 0 Å².